The molecule has 0 saturated carbocycles. The van der Waals surface area contributed by atoms with E-state index in [-0.39, 0.29) is 18.6 Å². The van der Waals surface area contributed by atoms with Crippen LogP contribution in [-0.2, 0) is 0 Å². The van der Waals surface area contributed by atoms with Crippen LogP contribution in [0.25, 0.3) is 11.0 Å². The number of carbonyl (C=O) groups is 1. The molecule has 0 radical (unpaired) electrons. The van der Waals surface area contributed by atoms with E-state index in [2.05, 4.69) is 15.4 Å². The summed E-state index contributed by atoms with van der Waals surface area (Å²) in [6.07, 6.45) is 2.97. The molecular weight excluding hydrogens is 292 g/mol. The number of aliphatic hydroxyl groups is 1. The van der Waals surface area contributed by atoms with Gasteiger partial charge in [-0.05, 0) is 46.6 Å². The maximum atomic E-state index is 12.8. The van der Waals surface area contributed by atoms with E-state index >= 15 is 0 Å². The number of nitrogens with one attached hydrogen (secondary N) is 1. The second-order valence-electron chi connectivity index (χ2n) is 6.57. The van der Waals surface area contributed by atoms with Gasteiger partial charge >= 0.3 is 0 Å². The number of amides is 1. The van der Waals surface area contributed by atoms with Crippen LogP contribution in [0.15, 0.2) is 12.3 Å². The highest BCUT2D eigenvalue weighted by Crippen LogP contribution is 2.22. The normalized spacial score (nSPS) is 14.2. The molecule has 0 saturated heterocycles. The first kappa shape index (κ1) is 17.4. The molecule has 0 aromatic carbocycles. The van der Waals surface area contributed by atoms with Crippen LogP contribution in [0.4, 0.5) is 0 Å². The zero-order valence-corrected chi connectivity index (χ0v) is 14.6. The summed E-state index contributed by atoms with van der Waals surface area (Å²) in [5.74, 6) is -0.151. The van der Waals surface area contributed by atoms with Gasteiger partial charge in [-0.1, -0.05) is 6.92 Å². The first-order chi connectivity index (χ1) is 10.8. The van der Waals surface area contributed by atoms with Crippen LogP contribution in [0.5, 0.6) is 0 Å². The van der Waals surface area contributed by atoms with E-state index in [1.165, 1.54) is 0 Å². The molecule has 6 heteroatoms. The minimum absolute atomic E-state index is 0.0423. The Bertz CT molecular complexity index is 708. The highest BCUT2D eigenvalue weighted by molar-refractivity contribution is 6.05. The molecule has 2 N–H and O–H groups in total. The third-order valence-electron chi connectivity index (χ3n) is 4.29. The minimum Gasteiger partial charge on any atom is -0.396 e. The van der Waals surface area contributed by atoms with Gasteiger partial charge < -0.3 is 10.4 Å². The molecule has 6 nitrogen and oxygen atoms in total. The number of hydrogen-bond acceptors (Lipinski definition) is 4. The Kier molecular flexibility index (Phi) is 5.04. The monoisotopic (exact) mass is 318 g/mol. The van der Waals surface area contributed by atoms with Gasteiger partial charge in [0.25, 0.3) is 5.91 Å². The summed E-state index contributed by atoms with van der Waals surface area (Å²) in [5.41, 5.74) is 1.66. The largest absolute Gasteiger partial charge is 0.396 e. The topological polar surface area (TPSA) is 80.0 Å². The van der Waals surface area contributed by atoms with Crippen LogP contribution in [0.2, 0.25) is 0 Å². The van der Waals surface area contributed by atoms with E-state index in [9.17, 15) is 9.90 Å². The molecule has 23 heavy (non-hydrogen) atoms. The number of aliphatic hydroxyl groups excluding tert-OH is 1. The predicted octanol–water partition coefficient (Wildman–Crippen LogP) is 2.60. The third kappa shape index (κ3) is 3.52. The highest BCUT2D eigenvalue weighted by Gasteiger charge is 2.26. The molecule has 0 bridgehead atoms. The fourth-order valence-corrected chi connectivity index (χ4v) is 2.62. The number of fused-ring (bicyclic) bond motifs is 1. The van der Waals surface area contributed by atoms with Crippen molar-refractivity contribution >= 4 is 16.9 Å². The maximum absolute atomic E-state index is 12.8. The molecule has 0 aliphatic heterocycles. The summed E-state index contributed by atoms with van der Waals surface area (Å²) in [5, 5.41) is 17.4. The first-order valence-electron chi connectivity index (χ1n) is 8.09. The minimum atomic E-state index is -0.427. The van der Waals surface area contributed by atoms with Gasteiger partial charge in [-0.25, -0.2) is 9.67 Å². The summed E-state index contributed by atoms with van der Waals surface area (Å²) < 4.78 is 1.83. The molecule has 1 unspecified atom stereocenters. The van der Waals surface area contributed by atoms with Crippen LogP contribution in [0.3, 0.4) is 0 Å². The molecule has 1 atom stereocenters. The van der Waals surface area contributed by atoms with Gasteiger partial charge in [0.15, 0.2) is 5.65 Å². The number of nitrogens with zero attached hydrogens (tertiary/aromatic N) is 3. The lowest BCUT2D eigenvalue weighted by Gasteiger charge is -2.29. The molecule has 126 valence electrons. The third-order valence-corrected chi connectivity index (χ3v) is 4.29. The Hall–Kier alpha value is -1.95. The van der Waals surface area contributed by atoms with Crippen molar-refractivity contribution in [1.29, 1.82) is 0 Å². The van der Waals surface area contributed by atoms with E-state index in [0.717, 1.165) is 23.1 Å². The zero-order valence-electron chi connectivity index (χ0n) is 14.6. The smallest absolute Gasteiger partial charge is 0.252 e. The summed E-state index contributed by atoms with van der Waals surface area (Å²) in [7, 11) is 0. The number of rotatable bonds is 6. The van der Waals surface area contributed by atoms with Crippen molar-refractivity contribution < 1.29 is 9.90 Å². The van der Waals surface area contributed by atoms with Crippen molar-refractivity contribution in [3.63, 3.8) is 0 Å². The fourth-order valence-electron chi connectivity index (χ4n) is 2.62. The number of carbonyl (C=O) groups excluding carboxylic acids is 1. The molecule has 0 spiro atoms. The average molecular weight is 318 g/mol. The van der Waals surface area contributed by atoms with E-state index < -0.39 is 5.54 Å². The van der Waals surface area contributed by atoms with Crippen molar-refractivity contribution in [3.8, 4) is 0 Å². The summed E-state index contributed by atoms with van der Waals surface area (Å²) in [6.45, 7) is 9.93. The molecule has 0 aliphatic carbocycles. The van der Waals surface area contributed by atoms with Crippen molar-refractivity contribution in [1.82, 2.24) is 20.1 Å². The predicted molar refractivity (Wildman–Crippen MR) is 90.5 cm³/mol. The van der Waals surface area contributed by atoms with Crippen LogP contribution in [0, 0.1) is 6.92 Å². The van der Waals surface area contributed by atoms with Crippen LogP contribution < -0.4 is 5.32 Å². The van der Waals surface area contributed by atoms with Gasteiger partial charge in [0, 0.05) is 23.9 Å². The van der Waals surface area contributed by atoms with E-state index in [4.69, 9.17) is 0 Å². The van der Waals surface area contributed by atoms with Gasteiger partial charge in [-0.3, -0.25) is 4.79 Å². The van der Waals surface area contributed by atoms with Crippen molar-refractivity contribution in [2.75, 3.05) is 6.61 Å². The van der Waals surface area contributed by atoms with E-state index in [0.29, 0.717) is 12.0 Å². The standard InChI is InChI=1S/C17H26N4O2/c1-6-17(5,7-8-22)20-16(23)13-9-12(4)19-15-14(13)10-18-21(15)11(2)3/h9-11,22H,6-8H2,1-5H3,(H,20,23). The van der Waals surface area contributed by atoms with Crippen molar-refractivity contribution in [3.05, 3.63) is 23.5 Å². The van der Waals surface area contributed by atoms with Crippen LogP contribution >= 0.6 is 0 Å². The second-order valence-corrected chi connectivity index (χ2v) is 6.57. The number of pyridine rings is 1. The Morgan fingerprint density at radius 2 is 2.17 bits per heavy atom. The van der Waals surface area contributed by atoms with Crippen molar-refractivity contribution in [2.24, 2.45) is 0 Å². The maximum Gasteiger partial charge on any atom is 0.252 e. The molecule has 0 aliphatic rings. The molecule has 1 amide bonds. The zero-order chi connectivity index (χ0) is 17.2. The Labute approximate surface area is 136 Å². The Balaban J connectivity index is 2.45. The van der Waals surface area contributed by atoms with Gasteiger partial charge in [-0.15, -0.1) is 0 Å². The van der Waals surface area contributed by atoms with Gasteiger partial charge in [-0.2, -0.15) is 5.10 Å². The number of aryl methyl sites for hydroxylation is 1. The highest BCUT2D eigenvalue weighted by atomic mass is 16.3. The number of hydrogen-bond donors (Lipinski definition) is 2. The lowest BCUT2D eigenvalue weighted by molar-refractivity contribution is 0.0887. The molecule has 0 fully saturated rings. The van der Waals surface area contributed by atoms with Crippen molar-refractivity contribution in [2.45, 2.75) is 59.0 Å². The van der Waals surface area contributed by atoms with Gasteiger partial charge in [0.2, 0.25) is 0 Å². The summed E-state index contributed by atoms with van der Waals surface area (Å²) in [4.78, 5) is 17.3. The molecule has 2 rings (SSSR count). The second kappa shape index (κ2) is 6.66. The fraction of sp³-hybridized carbons (Fsp3) is 0.588. The van der Waals surface area contributed by atoms with Gasteiger partial charge in [0.05, 0.1) is 17.1 Å². The quantitative estimate of drug-likeness (QED) is 0.858. The summed E-state index contributed by atoms with van der Waals surface area (Å²) in [6, 6.07) is 1.96. The molecule has 2 heterocycles. The van der Waals surface area contributed by atoms with Crippen LogP contribution in [-0.4, -0.2) is 37.9 Å². The SMILES string of the molecule is CCC(C)(CCO)NC(=O)c1cc(C)nc2c1cnn2C(C)C. The summed E-state index contributed by atoms with van der Waals surface area (Å²) >= 11 is 0. The van der Waals surface area contributed by atoms with Gasteiger partial charge in [0.1, 0.15) is 0 Å². The van der Waals surface area contributed by atoms with E-state index in [1.54, 1.807) is 12.3 Å². The van der Waals surface area contributed by atoms with E-state index in [1.807, 2.05) is 39.3 Å². The van der Waals surface area contributed by atoms with Crippen LogP contribution in [0.1, 0.15) is 62.6 Å². The lowest BCUT2D eigenvalue weighted by atomic mass is 9.94. The number of aromatic nitrogens is 3. The molecule has 2 aromatic rings. The Morgan fingerprint density at radius 3 is 2.74 bits per heavy atom. The molecule has 2 aromatic heterocycles. The Morgan fingerprint density at radius 1 is 1.48 bits per heavy atom. The first-order valence-corrected chi connectivity index (χ1v) is 8.09. The average Bonchev–Trinajstić information content (AvgIpc) is 2.90. The molecular formula is C17H26N4O2. The lowest BCUT2D eigenvalue weighted by Crippen LogP contribution is -2.46.